The van der Waals surface area contributed by atoms with Crippen LogP contribution in [0.15, 0.2) is 0 Å². The SMILES string of the molecule is CC(C)(C)c1nc(N2CCOCC2)sc1C(C)(C)N. The van der Waals surface area contributed by atoms with Gasteiger partial charge < -0.3 is 15.4 Å². The highest BCUT2D eigenvalue weighted by Crippen LogP contribution is 2.38. The fraction of sp³-hybridized carbons (Fsp3) is 0.786. The molecule has 1 aliphatic rings. The third-order valence-corrected chi connectivity index (χ3v) is 4.65. The maximum atomic E-state index is 6.32. The Labute approximate surface area is 120 Å². The van der Waals surface area contributed by atoms with Crippen molar-refractivity contribution in [2.45, 2.75) is 45.6 Å². The van der Waals surface area contributed by atoms with Gasteiger partial charge in [-0.2, -0.15) is 0 Å². The topological polar surface area (TPSA) is 51.4 Å². The van der Waals surface area contributed by atoms with Gasteiger partial charge in [-0.15, -0.1) is 0 Å². The lowest BCUT2D eigenvalue weighted by molar-refractivity contribution is 0.122. The minimum Gasteiger partial charge on any atom is -0.378 e. The Morgan fingerprint density at radius 3 is 2.16 bits per heavy atom. The summed E-state index contributed by atoms with van der Waals surface area (Å²) >= 11 is 1.73. The van der Waals surface area contributed by atoms with E-state index in [2.05, 4.69) is 39.5 Å². The molecule has 1 aromatic rings. The van der Waals surface area contributed by atoms with E-state index in [1.807, 2.05) is 0 Å². The van der Waals surface area contributed by atoms with E-state index >= 15 is 0 Å². The van der Waals surface area contributed by atoms with E-state index in [9.17, 15) is 0 Å². The Balaban J connectivity index is 2.39. The van der Waals surface area contributed by atoms with Crippen LogP contribution in [-0.4, -0.2) is 31.3 Å². The molecule has 0 amide bonds. The summed E-state index contributed by atoms with van der Waals surface area (Å²) in [6.45, 7) is 14.1. The molecule has 0 spiro atoms. The Morgan fingerprint density at radius 1 is 1.16 bits per heavy atom. The first kappa shape index (κ1) is 14.8. The second kappa shape index (κ2) is 5.04. The smallest absolute Gasteiger partial charge is 0.186 e. The second-order valence-corrected chi connectivity index (χ2v) is 7.72. The predicted octanol–water partition coefficient (Wildman–Crippen LogP) is 2.47. The molecular formula is C14H25N3OS. The molecule has 2 N–H and O–H groups in total. The minimum atomic E-state index is -0.342. The molecule has 0 saturated carbocycles. The van der Waals surface area contributed by atoms with Gasteiger partial charge in [-0.3, -0.25) is 0 Å². The number of aromatic nitrogens is 1. The average Bonchev–Trinajstić information content (AvgIpc) is 2.74. The van der Waals surface area contributed by atoms with Gasteiger partial charge in [0.1, 0.15) is 0 Å². The standard InChI is InChI=1S/C14H25N3OS/c1-13(2,3)10-11(14(4,5)15)19-12(16-10)17-6-8-18-9-7-17/h6-9,15H2,1-5H3. The Kier molecular flexibility index (Phi) is 3.91. The van der Waals surface area contributed by atoms with Crippen molar-refractivity contribution in [3.63, 3.8) is 0 Å². The first-order chi connectivity index (χ1) is 8.69. The molecule has 2 rings (SSSR count). The van der Waals surface area contributed by atoms with Crippen LogP contribution in [0, 0.1) is 0 Å². The zero-order valence-electron chi connectivity index (χ0n) is 12.6. The highest BCUT2D eigenvalue weighted by molar-refractivity contribution is 7.15. The van der Waals surface area contributed by atoms with Crippen LogP contribution < -0.4 is 10.6 Å². The highest BCUT2D eigenvalue weighted by Gasteiger charge is 2.31. The van der Waals surface area contributed by atoms with E-state index in [1.54, 1.807) is 11.3 Å². The van der Waals surface area contributed by atoms with Gasteiger partial charge in [0.15, 0.2) is 5.13 Å². The summed E-state index contributed by atoms with van der Waals surface area (Å²) < 4.78 is 5.40. The van der Waals surface area contributed by atoms with Gasteiger partial charge in [0.2, 0.25) is 0 Å². The summed E-state index contributed by atoms with van der Waals surface area (Å²) in [6, 6.07) is 0. The highest BCUT2D eigenvalue weighted by atomic mass is 32.1. The number of rotatable bonds is 2. The third-order valence-electron chi connectivity index (χ3n) is 3.19. The quantitative estimate of drug-likeness (QED) is 0.906. The van der Waals surface area contributed by atoms with Crippen LogP contribution >= 0.6 is 11.3 Å². The van der Waals surface area contributed by atoms with Gasteiger partial charge in [0.05, 0.1) is 18.9 Å². The molecule has 5 heteroatoms. The molecule has 1 aliphatic heterocycles. The van der Waals surface area contributed by atoms with Crippen LogP contribution in [0.1, 0.15) is 45.2 Å². The largest absolute Gasteiger partial charge is 0.378 e. The number of thiazole rings is 1. The number of nitrogens with two attached hydrogens (primary N) is 1. The van der Waals surface area contributed by atoms with Crippen molar-refractivity contribution in [1.82, 2.24) is 4.98 Å². The molecule has 19 heavy (non-hydrogen) atoms. The number of hydrogen-bond donors (Lipinski definition) is 1. The number of ether oxygens (including phenoxy) is 1. The summed E-state index contributed by atoms with van der Waals surface area (Å²) in [7, 11) is 0. The molecule has 1 saturated heterocycles. The number of anilines is 1. The second-order valence-electron chi connectivity index (χ2n) is 6.75. The van der Waals surface area contributed by atoms with Crippen LogP contribution in [0.5, 0.6) is 0 Å². The Bertz CT molecular complexity index is 405. The van der Waals surface area contributed by atoms with Crippen molar-refractivity contribution >= 4 is 16.5 Å². The lowest BCUT2D eigenvalue weighted by atomic mass is 9.87. The molecule has 0 unspecified atom stereocenters. The lowest BCUT2D eigenvalue weighted by Gasteiger charge is -2.26. The molecule has 0 radical (unpaired) electrons. The first-order valence-electron chi connectivity index (χ1n) is 6.83. The predicted molar refractivity (Wildman–Crippen MR) is 81.1 cm³/mol. The molecular weight excluding hydrogens is 258 g/mol. The van der Waals surface area contributed by atoms with E-state index in [0.717, 1.165) is 37.1 Å². The fourth-order valence-corrected chi connectivity index (χ4v) is 3.49. The van der Waals surface area contributed by atoms with Gasteiger partial charge in [0, 0.05) is 28.9 Å². The summed E-state index contributed by atoms with van der Waals surface area (Å²) in [5, 5.41) is 1.08. The number of morpholine rings is 1. The van der Waals surface area contributed by atoms with E-state index in [-0.39, 0.29) is 11.0 Å². The summed E-state index contributed by atoms with van der Waals surface area (Å²) in [6.07, 6.45) is 0. The number of nitrogens with zero attached hydrogens (tertiary/aromatic N) is 2. The van der Waals surface area contributed by atoms with Crippen LogP contribution in [0.25, 0.3) is 0 Å². The van der Waals surface area contributed by atoms with Gasteiger partial charge >= 0.3 is 0 Å². The van der Waals surface area contributed by atoms with E-state index in [1.165, 1.54) is 4.88 Å². The van der Waals surface area contributed by atoms with Crippen molar-refractivity contribution in [3.05, 3.63) is 10.6 Å². The van der Waals surface area contributed by atoms with Gasteiger partial charge in [-0.1, -0.05) is 32.1 Å². The molecule has 108 valence electrons. The molecule has 1 aromatic heterocycles. The van der Waals surface area contributed by atoms with Gasteiger partial charge in [-0.25, -0.2) is 4.98 Å². The van der Waals surface area contributed by atoms with E-state index in [0.29, 0.717) is 0 Å². The lowest BCUT2D eigenvalue weighted by Crippen LogP contribution is -2.36. The van der Waals surface area contributed by atoms with Gasteiger partial charge in [0.25, 0.3) is 0 Å². The van der Waals surface area contributed by atoms with Gasteiger partial charge in [-0.05, 0) is 13.8 Å². The average molecular weight is 283 g/mol. The maximum Gasteiger partial charge on any atom is 0.186 e. The first-order valence-corrected chi connectivity index (χ1v) is 7.64. The molecule has 0 aliphatic carbocycles. The molecule has 0 aromatic carbocycles. The number of hydrogen-bond acceptors (Lipinski definition) is 5. The zero-order valence-corrected chi connectivity index (χ0v) is 13.4. The molecule has 1 fully saturated rings. The third kappa shape index (κ3) is 3.27. The van der Waals surface area contributed by atoms with Crippen LogP contribution in [0.4, 0.5) is 5.13 Å². The Hall–Kier alpha value is -0.650. The summed E-state index contributed by atoms with van der Waals surface area (Å²) in [5.41, 5.74) is 7.13. The molecule has 4 nitrogen and oxygen atoms in total. The van der Waals surface area contributed by atoms with E-state index < -0.39 is 0 Å². The normalized spacial score (nSPS) is 17.9. The fourth-order valence-electron chi connectivity index (χ4n) is 2.14. The zero-order chi connectivity index (χ0) is 14.3. The summed E-state index contributed by atoms with van der Waals surface area (Å²) in [4.78, 5) is 8.38. The summed E-state index contributed by atoms with van der Waals surface area (Å²) in [5.74, 6) is 0. The molecule has 0 bridgehead atoms. The molecule has 2 heterocycles. The van der Waals surface area contributed by atoms with Crippen LogP contribution in [-0.2, 0) is 15.7 Å². The van der Waals surface area contributed by atoms with Crippen molar-refractivity contribution in [2.75, 3.05) is 31.2 Å². The Morgan fingerprint density at radius 2 is 1.74 bits per heavy atom. The molecule has 0 atom stereocenters. The maximum absolute atomic E-state index is 6.32. The van der Waals surface area contributed by atoms with Crippen molar-refractivity contribution < 1.29 is 4.74 Å². The van der Waals surface area contributed by atoms with Crippen molar-refractivity contribution in [3.8, 4) is 0 Å². The minimum absolute atomic E-state index is 0.0208. The van der Waals surface area contributed by atoms with Crippen LogP contribution in [0.3, 0.4) is 0 Å². The van der Waals surface area contributed by atoms with Crippen molar-refractivity contribution in [1.29, 1.82) is 0 Å². The van der Waals surface area contributed by atoms with Crippen LogP contribution in [0.2, 0.25) is 0 Å². The van der Waals surface area contributed by atoms with E-state index in [4.69, 9.17) is 15.5 Å². The monoisotopic (exact) mass is 283 g/mol. The van der Waals surface area contributed by atoms with Crippen molar-refractivity contribution in [2.24, 2.45) is 5.73 Å².